The molecule has 0 saturated carbocycles. The third-order valence-corrected chi connectivity index (χ3v) is 8.31. The molecule has 214 valence electrons. The fourth-order valence-corrected chi connectivity index (χ4v) is 5.33. The number of benzene rings is 2. The summed E-state index contributed by atoms with van der Waals surface area (Å²) in [5, 5.41) is 12.1. The zero-order valence-corrected chi connectivity index (χ0v) is 22.6. The summed E-state index contributed by atoms with van der Waals surface area (Å²) in [4.78, 5) is 27.1. The lowest BCUT2D eigenvalue weighted by Gasteiger charge is -2.38. The number of halogens is 3. The maximum atomic E-state index is 13.5. The molecule has 1 heterocycles. The molecule has 2 N–H and O–H groups in total. The van der Waals surface area contributed by atoms with Crippen LogP contribution in [0, 0.1) is 5.92 Å². The van der Waals surface area contributed by atoms with E-state index in [0.717, 1.165) is 0 Å². The fourth-order valence-electron chi connectivity index (χ4n) is 4.12. The molecule has 0 bridgehead atoms. The molecule has 9 nitrogen and oxygen atoms in total. The molecule has 3 atom stereocenters. The number of alkyl halides is 3. The molecule has 0 aliphatic carbocycles. The highest BCUT2D eigenvalue weighted by Crippen LogP contribution is 2.31. The lowest BCUT2D eigenvalue weighted by Crippen LogP contribution is -2.50. The number of hydrogen-bond donors (Lipinski definition) is 2. The number of aliphatic hydroxyl groups is 1. The van der Waals surface area contributed by atoms with Gasteiger partial charge in [0.15, 0.2) is 0 Å². The molecule has 1 aliphatic heterocycles. The van der Waals surface area contributed by atoms with Gasteiger partial charge in [-0.2, -0.15) is 17.5 Å². The van der Waals surface area contributed by atoms with Crippen LogP contribution in [0.3, 0.4) is 0 Å². The Bertz CT molecular complexity index is 1270. The number of carbonyl (C=O) groups excluding carboxylic acids is 2. The molecule has 0 aromatic heterocycles. The highest BCUT2D eigenvalue weighted by atomic mass is 32.2. The van der Waals surface area contributed by atoms with Crippen molar-refractivity contribution in [3.8, 4) is 5.75 Å². The summed E-state index contributed by atoms with van der Waals surface area (Å²) in [6.45, 7) is 3.19. The summed E-state index contributed by atoms with van der Waals surface area (Å²) in [6.07, 6.45) is -7.26. The Morgan fingerprint density at radius 2 is 1.90 bits per heavy atom. The quantitative estimate of drug-likeness (QED) is 0.476. The minimum atomic E-state index is -4.49. The molecule has 0 unspecified atom stereocenters. The number of sulfonamides is 1. The number of amides is 2. The van der Waals surface area contributed by atoms with Crippen LogP contribution in [-0.2, 0) is 14.8 Å². The van der Waals surface area contributed by atoms with Crippen molar-refractivity contribution in [3.63, 3.8) is 0 Å². The van der Waals surface area contributed by atoms with Gasteiger partial charge in [0.25, 0.3) is 5.91 Å². The molecule has 1 aliphatic rings. The molecule has 2 aromatic rings. The van der Waals surface area contributed by atoms with E-state index in [9.17, 15) is 36.3 Å². The zero-order chi connectivity index (χ0) is 29.0. The van der Waals surface area contributed by atoms with Crippen LogP contribution in [0.1, 0.15) is 37.0 Å². The Morgan fingerprint density at radius 3 is 2.51 bits per heavy atom. The first kappa shape index (κ1) is 30.4. The number of aliphatic hydroxyl groups excluding tert-OH is 1. The molecule has 3 rings (SSSR count). The molecule has 0 radical (unpaired) electrons. The van der Waals surface area contributed by atoms with Crippen molar-refractivity contribution in [1.82, 2.24) is 9.21 Å². The number of ether oxygens (including phenoxy) is 1. The van der Waals surface area contributed by atoms with E-state index in [2.05, 4.69) is 5.32 Å². The summed E-state index contributed by atoms with van der Waals surface area (Å²) in [5.74, 6) is -1.61. The van der Waals surface area contributed by atoms with E-state index in [1.165, 1.54) is 46.6 Å². The van der Waals surface area contributed by atoms with E-state index in [-0.39, 0.29) is 47.5 Å². The van der Waals surface area contributed by atoms with Crippen LogP contribution < -0.4 is 10.1 Å². The van der Waals surface area contributed by atoms with Crippen LogP contribution in [-0.4, -0.2) is 79.6 Å². The van der Waals surface area contributed by atoms with E-state index in [4.69, 9.17) is 4.74 Å². The lowest BCUT2D eigenvalue weighted by atomic mass is 9.99. The van der Waals surface area contributed by atoms with Crippen molar-refractivity contribution < 1.29 is 41.0 Å². The van der Waals surface area contributed by atoms with Gasteiger partial charge in [-0.3, -0.25) is 9.59 Å². The maximum Gasteiger partial charge on any atom is 0.389 e. The summed E-state index contributed by atoms with van der Waals surface area (Å²) in [7, 11) is -2.41. The number of anilines is 1. The van der Waals surface area contributed by atoms with Crippen molar-refractivity contribution in [1.29, 1.82) is 0 Å². The topological polar surface area (TPSA) is 116 Å². The van der Waals surface area contributed by atoms with Crippen LogP contribution in [0.5, 0.6) is 5.75 Å². The summed E-state index contributed by atoms with van der Waals surface area (Å²) < 4.78 is 71.0. The largest absolute Gasteiger partial charge is 0.488 e. The monoisotopic (exact) mass is 571 g/mol. The van der Waals surface area contributed by atoms with Gasteiger partial charge in [-0.1, -0.05) is 25.1 Å². The maximum absolute atomic E-state index is 13.5. The minimum absolute atomic E-state index is 0.0226. The number of nitrogens with one attached hydrogen (secondary N) is 1. The molecular formula is C26H32F3N3O6S. The SMILES string of the molecule is C[C@H](CO)N1C[C@H](C)[C@@H](CN(C)S(=O)(=O)c2ccccc2)Oc2ccc(NC(=O)CCC(F)(F)F)cc2C1=O. The Morgan fingerprint density at radius 1 is 1.23 bits per heavy atom. The van der Waals surface area contributed by atoms with Gasteiger partial charge in [0, 0.05) is 31.6 Å². The average Bonchev–Trinajstić information content (AvgIpc) is 2.89. The fraction of sp³-hybridized carbons (Fsp3) is 0.462. The smallest absolute Gasteiger partial charge is 0.389 e. The minimum Gasteiger partial charge on any atom is -0.488 e. The second-order valence-electron chi connectivity index (χ2n) is 9.60. The van der Waals surface area contributed by atoms with Gasteiger partial charge in [0.2, 0.25) is 15.9 Å². The number of hydrogen-bond acceptors (Lipinski definition) is 6. The molecule has 13 heteroatoms. The second-order valence-corrected chi connectivity index (χ2v) is 11.6. The predicted octanol–water partition coefficient (Wildman–Crippen LogP) is 3.51. The Kier molecular flexibility index (Phi) is 9.62. The summed E-state index contributed by atoms with van der Waals surface area (Å²) in [5.41, 5.74) is 0.123. The molecule has 0 saturated heterocycles. The molecular weight excluding hydrogens is 539 g/mol. The van der Waals surface area contributed by atoms with Gasteiger partial charge in [0.05, 0.1) is 36.1 Å². The molecule has 0 spiro atoms. The van der Waals surface area contributed by atoms with Gasteiger partial charge < -0.3 is 20.1 Å². The van der Waals surface area contributed by atoms with Crippen molar-refractivity contribution in [3.05, 3.63) is 54.1 Å². The molecule has 0 fully saturated rings. The first-order valence-corrected chi connectivity index (χ1v) is 13.8. The third-order valence-electron chi connectivity index (χ3n) is 6.47. The van der Waals surface area contributed by atoms with Crippen molar-refractivity contribution in [2.45, 2.75) is 49.9 Å². The summed E-state index contributed by atoms with van der Waals surface area (Å²) >= 11 is 0. The first-order chi connectivity index (χ1) is 18.2. The van der Waals surface area contributed by atoms with Gasteiger partial charge in [-0.05, 0) is 37.3 Å². The number of rotatable bonds is 9. The van der Waals surface area contributed by atoms with Crippen molar-refractivity contribution in [2.24, 2.45) is 5.92 Å². The van der Waals surface area contributed by atoms with Gasteiger partial charge in [-0.15, -0.1) is 0 Å². The van der Waals surface area contributed by atoms with Gasteiger partial charge in [0.1, 0.15) is 11.9 Å². The normalized spacial score (nSPS) is 19.1. The standard InChI is InChI=1S/C26H32F3N3O6S/c1-17-14-32(18(2)16-33)25(35)21-13-19(30-24(34)11-12-26(27,28)29)9-10-22(21)38-23(17)15-31(3)39(36,37)20-7-5-4-6-8-20/h4-10,13,17-18,23,33H,11-12,14-16H2,1-3H3,(H,30,34)/t17-,18+,23+/m0/s1. The van der Waals surface area contributed by atoms with Crippen LogP contribution in [0.15, 0.2) is 53.4 Å². The average molecular weight is 572 g/mol. The first-order valence-electron chi connectivity index (χ1n) is 12.3. The van der Waals surface area contributed by atoms with Crippen molar-refractivity contribution >= 4 is 27.5 Å². The van der Waals surface area contributed by atoms with Crippen LogP contribution in [0.4, 0.5) is 18.9 Å². The highest BCUT2D eigenvalue weighted by Gasteiger charge is 2.35. The third kappa shape index (κ3) is 7.70. The van der Waals surface area contributed by atoms with Crippen LogP contribution in [0.2, 0.25) is 0 Å². The van der Waals surface area contributed by atoms with E-state index < -0.39 is 53.0 Å². The highest BCUT2D eigenvalue weighted by molar-refractivity contribution is 7.89. The van der Waals surface area contributed by atoms with E-state index in [0.29, 0.717) is 0 Å². The van der Waals surface area contributed by atoms with E-state index >= 15 is 0 Å². The Hall–Kier alpha value is -3.16. The number of likely N-dealkylation sites (N-methyl/N-ethyl adjacent to an activating group) is 1. The predicted molar refractivity (Wildman–Crippen MR) is 138 cm³/mol. The molecule has 2 amide bonds. The Balaban J connectivity index is 1.91. The van der Waals surface area contributed by atoms with Crippen LogP contribution >= 0.6 is 0 Å². The van der Waals surface area contributed by atoms with Crippen molar-refractivity contribution in [2.75, 3.05) is 32.1 Å². The summed E-state index contributed by atoms with van der Waals surface area (Å²) in [6, 6.07) is 11.4. The Labute approximate surface area is 225 Å². The molecule has 39 heavy (non-hydrogen) atoms. The lowest BCUT2D eigenvalue weighted by molar-refractivity contribution is -0.142. The second kappa shape index (κ2) is 12.3. The molecule has 2 aromatic carbocycles. The van der Waals surface area contributed by atoms with E-state index in [1.807, 2.05) is 0 Å². The number of carbonyl (C=O) groups is 2. The zero-order valence-electron chi connectivity index (χ0n) is 21.8. The van der Waals surface area contributed by atoms with Gasteiger partial charge in [-0.25, -0.2) is 8.42 Å². The van der Waals surface area contributed by atoms with Gasteiger partial charge >= 0.3 is 6.18 Å². The number of nitrogens with zero attached hydrogens (tertiary/aromatic N) is 2. The van der Waals surface area contributed by atoms with Crippen LogP contribution in [0.25, 0.3) is 0 Å². The van der Waals surface area contributed by atoms with E-state index in [1.54, 1.807) is 32.0 Å². The number of fused-ring (bicyclic) bond motifs is 1.